The Bertz CT molecular complexity index is 426. The Morgan fingerprint density at radius 2 is 2.11 bits per heavy atom. The average Bonchev–Trinajstić information content (AvgIpc) is 2.87. The summed E-state index contributed by atoms with van der Waals surface area (Å²) in [7, 11) is 0. The van der Waals surface area contributed by atoms with Crippen molar-refractivity contribution >= 4 is 0 Å². The minimum atomic E-state index is -0.505. The molecule has 1 aromatic rings. The molecule has 0 radical (unpaired) electrons. The molecule has 1 aliphatic heterocycles. The van der Waals surface area contributed by atoms with E-state index in [2.05, 4.69) is 9.97 Å². The van der Waals surface area contributed by atoms with Crippen LogP contribution in [0.2, 0.25) is 0 Å². The van der Waals surface area contributed by atoms with Crippen LogP contribution < -0.4 is 0 Å². The van der Waals surface area contributed by atoms with Crippen LogP contribution in [0.25, 0.3) is 0 Å². The van der Waals surface area contributed by atoms with E-state index in [1.165, 1.54) is 12.8 Å². The number of nitrogens with zero attached hydrogens (tertiary/aromatic N) is 2. The lowest BCUT2D eigenvalue weighted by molar-refractivity contribution is -0.113. The molecule has 2 fully saturated rings. The standard InChI is InChI=1S/C15H22N2O2/c1-11-9-17-13(10-16-11)14(18)12-4-7-19-15(8-12)5-2-3-6-15/h9-10,12,14,18H,2-8H2,1H3. The summed E-state index contributed by atoms with van der Waals surface area (Å²) < 4.78 is 6.01. The fraction of sp³-hybridized carbons (Fsp3) is 0.733. The highest BCUT2D eigenvalue weighted by molar-refractivity contribution is 5.06. The van der Waals surface area contributed by atoms with Crippen LogP contribution in [0.3, 0.4) is 0 Å². The molecule has 0 aromatic carbocycles. The van der Waals surface area contributed by atoms with E-state index in [9.17, 15) is 5.11 Å². The highest BCUT2D eigenvalue weighted by Gasteiger charge is 2.42. The quantitative estimate of drug-likeness (QED) is 0.890. The number of ether oxygens (including phenoxy) is 1. The van der Waals surface area contributed by atoms with Crippen LogP contribution in [-0.4, -0.2) is 27.3 Å². The molecule has 2 heterocycles. The first-order valence-corrected chi connectivity index (χ1v) is 7.29. The van der Waals surface area contributed by atoms with Gasteiger partial charge in [-0.05, 0) is 38.5 Å². The summed E-state index contributed by atoms with van der Waals surface area (Å²) in [6.07, 6.45) is 9.61. The molecule has 104 valence electrons. The smallest absolute Gasteiger partial charge is 0.100 e. The monoisotopic (exact) mass is 262 g/mol. The van der Waals surface area contributed by atoms with E-state index in [1.54, 1.807) is 12.4 Å². The zero-order chi connectivity index (χ0) is 13.3. The molecule has 2 atom stereocenters. The number of aliphatic hydroxyl groups excluding tert-OH is 1. The molecule has 1 saturated heterocycles. The first-order valence-electron chi connectivity index (χ1n) is 7.29. The van der Waals surface area contributed by atoms with Gasteiger partial charge in [-0.15, -0.1) is 0 Å². The summed E-state index contributed by atoms with van der Waals surface area (Å²) in [6.45, 7) is 2.67. The van der Waals surface area contributed by atoms with E-state index < -0.39 is 6.10 Å². The Hall–Kier alpha value is -1.00. The maximum Gasteiger partial charge on any atom is 0.100 e. The SMILES string of the molecule is Cc1cnc(C(O)C2CCOC3(CCCC3)C2)cn1. The van der Waals surface area contributed by atoms with Crippen LogP contribution in [0.1, 0.15) is 56.0 Å². The zero-order valence-electron chi connectivity index (χ0n) is 11.5. The molecular formula is C15H22N2O2. The normalized spacial score (nSPS) is 27.6. The van der Waals surface area contributed by atoms with Gasteiger partial charge in [0.25, 0.3) is 0 Å². The molecule has 19 heavy (non-hydrogen) atoms. The van der Waals surface area contributed by atoms with Gasteiger partial charge in [0.15, 0.2) is 0 Å². The molecule has 1 aliphatic carbocycles. The van der Waals surface area contributed by atoms with Crippen molar-refractivity contribution < 1.29 is 9.84 Å². The Morgan fingerprint density at radius 3 is 2.79 bits per heavy atom. The molecule has 1 spiro atoms. The second kappa shape index (κ2) is 5.17. The maximum atomic E-state index is 10.5. The summed E-state index contributed by atoms with van der Waals surface area (Å²) in [4.78, 5) is 8.55. The first-order chi connectivity index (χ1) is 9.19. The first kappa shape index (κ1) is 13.0. The van der Waals surface area contributed by atoms with Crippen LogP contribution in [-0.2, 0) is 4.74 Å². The fourth-order valence-electron chi connectivity index (χ4n) is 3.50. The third-order valence-corrected chi connectivity index (χ3v) is 4.60. The van der Waals surface area contributed by atoms with Gasteiger partial charge in [0.05, 0.1) is 23.2 Å². The number of aromatic nitrogens is 2. The second-order valence-corrected chi connectivity index (χ2v) is 6.02. The second-order valence-electron chi connectivity index (χ2n) is 6.02. The van der Waals surface area contributed by atoms with Gasteiger partial charge in [0, 0.05) is 12.8 Å². The lowest BCUT2D eigenvalue weighted by Gasteiger charge is -2.39. The van der Waals surface area contributed by atoms with Crippen molar-refractivity contribution in [1.29, 1.82) is 0 Å². The summed E-state index contributed by atoms with van der Waals surface area (Å²) in [5, 5.41) is 10.5. The lowest BCUT2D eigenvalue weighted by atomic mass is 9.81. The molecule has 1 N–H and O–H groups in total. The molecule has 4 nitrogen and oxygen atoms in total. The fourth-order valence-corrected chi connectivity index (χ4v) is 3.50. The van der Waals surface area contributed by atoms with Crippen LogP contribution in [0, 0.1) is 12.8 Å². The van der Waals surface area contributed by atoms with Crippen LogP contribution in [0.4, 0.5) is 0 Å². The van der Waals surface area contributed by atoms with Crippen molar-refractivity contribution in [3.8, 4) is 0 Å². The predicted octanol–water partition coefficient (Wildman–Crippen LogP) is 2.56. The number of hydrogen-bond acceptors (Lipinski definition) is 4. The van der Waals surface area contributed by atoms with E-state index in [4.69, 9.17) is 4.74 Å². The van der Waals surface area contributed by atoms with E-state index in [1.807, 2.05) is 6.92 Å². The van der Waals surface area contributed by atoms with Gasteiger partial charge in [-0.3, -0.25) is 9.97 Å². The van der Waals surface area contributed by atoms with Crippen molar-refractivity contribution in [2.75, 3.05) is 6.61 Å². The van der Waals surface area contributed by atoms with Gasteiger partial charge in [-0.2, -0.15) is 0 Å². The summed E-state index contributed by atoms with van der Waals surface area (Å²) in [5.74, 6) is 0.254. The molecule has 3 rings (SSSR count). The van der Waals surface area contributed by atoms with Crippen LogP contribution in [0.5, 0.6) is 0 Å². The van der Waals surface area contributed by atoms with Gasteiger partial charge in [0.1, 0.15) is 6.10 Å². The number of rotatable bonds is 2. The van der Waals surface area contributed by atoms with E-state index in [0.29, 0.717) is 5.69 Å². The molecule has 0 amide bonds. The minimum Gasteiger partial charge on any atom is -0.386 e. The summed E-state index contributed by atoms with van der Waals surface area (Å²) >= 11 is 0. The Balaban J connectivity index is 1.72. The molecule has 1 saturated carbocycles. The molecular weight excluding hydrogens is 240 g/mol. The highest BCUT2D eigenvalue weighted by Crippen LogP contribution is 2.44. The van der Waals surface area contributed by atoms with Gasteiger partial charge in [-0.1, -0.05) is 12.8 Å². The summed E-state index contributed by atoms with van der Waals surface area (Å²) in [5.41, 5.74) is 1.63. The molecule has 4 heteroatoms. The Morgan fingerprint density at radius 1 is 1.32 bits per heavy atom. The minimum absolute atomic E-state index is 0.0437. The van der Waals surface area contributed by atoms with Crippen molar-refractivity contribution in [2.24, 2.45) is 5.92 Å². The van der Waals surface area contributed by atoms with Crippen LogP contribution >= 0.6 is 0 Å². The van der Waals surface area contributed by atoms with E-state index in [-0.39, 0.29) is 11.5 Å². The maximum absolute atomic E-state index is 10.5. The Labute approximate surface area is 114 Å². The van der Waals surface area contributed by atoms with Crippen molar-refractivity contribution in [3.63, 3.8) is 0 Å². The lowest BCUT2D eigenvalue weighted by Crippen LogP contribution is -2.39. The Kier molecular flexibility index (Phi) is 3.54. The van der Waals surface area contributed by atoms with Crippen molar-refractivity contribution in [2.45, 2.75) is 57.2 Å². The van der Waals surface area contributed by atoms with Gasteiger partial charge in [-0.25, -0.2) is 0 Å². The average molecular weight is 262 g/mol. The summed E-state index contributed by atoms with van der Waals surface area (Å²) in [6, 6.07) is 0. The number of aryl methyl sites for hydroxylation is 1. The predicted molar refractivity (Wildman–Crippen MR) is 71.6 cm³/mol. The third-order valence-electron chi connectivity index (χ3n) is 4.60. The van der Waals surface area contributed by atoms with E-state index in [0.717, 1.165) is 38.0 Å². The van der Waals surface area contributed by atoms with E-state index >= 15 is 0 Å². The van der Waals surface area contributed by atoms with Crippen molar-refractivity contribution in [3.05, 3.63) is 23.8 Å². The topological polar surface area (TPSA) is 55.2 Å². The van der Waals surface area contributed by atoms with Gasteiger partial charge >= 0.3 is 0 Å². The van der Waals surface area contributed by atoms with Gasteiger partial charge in [0.2, 0.25) is 0 Å². The molecule has 0 bridgehead atoms. The number of hydrogen-bond donors (Lipinski definition) is 1. The van der Waals surface area contributed by atoms with Gasteiger partial charge < -0.3 is 9.84 Å². The molecule has 2 unspecified atom stereocenters. The molecule has 2 aliphatic rings. The number of aliphatic hydroxyl groups is 1. The zero-order valence-corrected chi connectivity index (χ0v) is 11.5. The largest absolute Gasteiger partial charge is 0.386 e. The molecule has 1 aromatic heterocycles. The third kappa shape index (κ3) is 2.65. The van der Waals surface area contributed by atoms with Crippen LogP contribution in [0.15, 0.2) is 12.4 Å². The highest BCUT2D eigenvalue weighted by atomic mass is 16.5. The van der Waals surface area contributed by atoms with Crippen molar-refractivity contribution in [1.82, 2.24) is 9.97 Å².